The summed E-state index contributed by atoms with van der Waals surface area (Å²) in [6, 6.07) is 15.4. The molecule has 23 heavy (non-hydrogen) atoms. The molecule has 0 radical (unpaired) electrons. The van der Waals surface area contributed by atoms with Gasteiger partial charge in [0.2, 0.25) is 5.91 Å². The minimum Gasteiger partial charge on any atom is -0.352 e. The third-order valence-electron chi connectivity index (χ3n) is 3.07. The van der Waals surface area contributed by atoms with Crippen LogP contribution in [0.5, 0.6) is 0 Å². The zero-order valence-corrected chi connectivity index (χ0v) is 12.8. The largest absolute Gasteiger partial charge is 0.352 e. The number of rotatable bonds is 5. The van der Waals surface area contributed by atoms with Gasteiger partial charge in [0.05, 0.1) is 6.54 Å². The molecule has 120 valence electrons. The Morgan fingerprint density at radius 1 is 1.04 bits per heavy atom. The minimum absolute atomic E-state index is 0.0952. The molecule has 3 N–H and O–H groups in total. The molecule has 0 saturated carbocycles. The van der Waals surface area contributed by atoms with Crippen LogP contribution < -0.4 is 16.0 Å². The second kappa shape index (κ2) is 8.53. The average molecular weight is 314 g/mol. The molecule has 0 atom stereocenters. The Kier molecular flexibility index (Phi) is 6.11. The van der Waals surface area contributed by atoms with Crippen LogP contribution in [0.1, 0.15) is 5.56 Å². The lowest BCUT2D eigenvalue weighted by atomic mass is 10.2. The number of benzene rings is 2. The Balaban J connectivity index is 1.76. The molecule has 2 rings (SSSR count). The number of hydrogen-bond acceptors (Lipinski definition) is 2. The predicted octanol–water partition coefficient (Wildman–Crippen LogP) is 2.13. The number of guanidine groups is 1. The molecular weight excluding hydrogens is 295 g/mol. The van der Waals surface area contributed by atoms with Crippen molar-refractivity contribution >= 4 is 17.6 Å². The van der Waals surface area contributed by atoms with Gasteiger partial charge in [-0.1, -0.05) is 30.3 Å². The highest BCUT2D eigenvalue weighted by Gasteiger charge is 2.04. The van der Waals surface area contributed by atoms with Crippen LogP contribution in [0.25, 0.3) is 0 Å². The molecule has 0 spiro atoms. The van der Waals surface area contributed by atoms with Crippen molar-refractivity contribution in [2.75, 3.05) is 18.9 Å². The third kappa shape index (κ3) is 5.78. The Bertz CT molecular complexity index is 656. The minimum atomic E-state index is -0.270. The van der Waals surface area contributed by atoms with E-state index in [1.165, 1.54) is 12.1 Å². The summed E-state index contributed by atoms with van der Waals surface area (Å²) in [5.74, 6) is 0.0623. The van der Waals surface area contributed by atoms with Crippen molar-refractivity contribution in [1.29, 1.82) is 0 Å². The molecule has 0 fully saturated rings. The summed E-state index contributed by atoms with van der Waals surface area (Å²) in [6.45, 7) is 0.582. The zero-order valence-electron chi connectivity index (χ0n) is 12.8. The fourth-order valence-corrected chi connectivity index (χ4v) is 1.90. The number of carbonyl (C=O) groups excluding carboxylic acids is 1. The molecule has 2 aromatic carbocycles. The maximum Gasteiger partial charge on any atom is 0.243 e. The average Bonchev–Trinajstić information content (AvgIpc) is 2.57. The van der Waals surface area contributed by atoms with Crippen molar-refractivity contribution in [2.45, 2.75) is 6.54 Å². The summed E-state index contributed by atoms with van der Waals surface area (Å²) in [5, 5.41) is 8.76. The fraction of sp³-hybridized carbons (Fsp3) is 0.176. The van der Waals surface area contributed by atoms with E-state index >= 15 is 0 Å². The normalized spacial score (nSPS) is 11.0. The van der Waals surface area contributed by atoms with Crippen molar-refractivity contribution in [1.82, 2.24) is 10.6 Å². The molecule has 2 aromatic rings. The highest BCUT2D eigenvalue weighted by Crippen LogP contribution is 2.04. The molecule has 0 bridgehead atoms. The lowest BCUT2D eigenvalue weighted by molar-refractivity contribution is -0.115. The Morgan fingerprint density at radius 3 is 2.39 bits per heavy atom. The van der Waals surface area contributed by atoms with Gasteiger partial charge in [-0.25, -0.2) is 4.39 Å². The van der Waals surface area contributed by atoms with Gasteiger partial charge in [-0.05, 0) is 29.8 Å². The van der Waals surface area contributed by atoms with E-state index < -0.39 is 0 Å². The monoisotopic (exact) mass is 314 g/mol. The topological polar surface area (TPSA) is 65.5 Å². The predicted molar refractivity (Wildman–Crippen MR) is 89.7 cm³/mol. The highest BCUT2D eigenvalue weighted by atomic mass is 19.1. The molecular formula is C17H19FN4O. The molecule has 1 amide bonds. The van der Waals surface area contributed by atoms with Gasteiger partial charge in [-0.3, -0.25) is 9.79 Å². The summed E-state index contributed by atoms with van der Waals surface area (Å²) in [5.41, 5.74) is 1.66. The maximum atomic E-state index is 12.8. The van der Waals surface area contributed by atoms with Gasteiger partial charge < -0.3 is 16.0 Å². The van der Waals surface area contributed by atoms with Crippen LogP contribution in [0, 0.1) is 5.82 Å². The molecule has 0 saturated heterocycles. The van der Waals surface area contributed by atoms with Gasteiger partial charge >= 0.3 is 0 Å². The quantitative estimate of drug-likeness (QED) is 0.585. The van der Waals surface area contributed by atoms with Crippen LogP contribution in [-0.4, -0.2) is 25.5 Å². The van der Waals surface area contributed by atoms with E-state index in [0.29, 0.717) is 12.5 Å². The number of aliphatic imine (C=N–C) groups is 1. The molecule has 0 aliphatic heterocycles. The molecule has 0 aromatic heterocycles. The van der Waals surface area contributed by atoms with Crippen molar-refractivity contribution in [3.8, 4) is 0 Å². The standard InChI is InChI=1S/C17H19FN4O/c1-19-17(20-11-13-7-9-14(18)10-8-13)21-12-16(23)22-15-5-3-2-4-6-15/h2-10H,11-12H2,1H3,(H,22,23)(H2,19,20,21). The first-order chi connectivity index (χ1) is 11.2. The van der Waals surface area contributed by atoms with Gasteiger partial charge in [0.25, 0.3) is 0 Å². The SMILES string of the molecule is CN=C(NCC(=O)Nc1ccccc1)NCc1ccc(F)cc1. The van der Waals surface area contributed by atoms with E-state index in [2.05, 4.69) is 20.9 Å². The lowest BCUT2D eigenvalue weighted by Crippen LogP contribution is -2.41. The van der Waals surface area contributed by atoms with E-state index in [1.807, 2.05) is 30.3 Å². The number of amides is 1. The zero-order chi connectivity index (χ0) is 16.5. The number of nitrogens with one attached hydrogen (secondary N) is 3. The summed E-state index contributed by atoms with van der Waals surface area (Å²) >= 11 is 0. The second-order valence-electron chi connectivity index (χ2n) is 4.82. The summed E-state index contributed by atoms with van der Waals surface area (Å²) in [6.07, 6.45) is 0. The van der Waals surface area contributed by atoms with Gasteiger partial charge in [-0.15, -0.1) is 0 Å². The van der Waals surface area contributed by atoms with Crippen LogP contribution in [-0.2, 0) is 11.3 Å². The Hall–Kier alpha value is -2.89. The number of anilines is 1. The number of nitrogens with zero attached hydrogens (tertiary/aromatic N) is 1. The van der Waals surface area contributed by atoms with Crippen molar-refractivity contribution in [2.24, 2.45) is 4.99 Å². The van der Waals surface area contributed by atoms with Crippen LogP contribution >= 0.6 is 0 Å². The number of halogens is 1. The molecule has 0 heterocycles. The maximum absolute atomic E-state index is 12.8. The third-order valence-corrected chi connectivity index (χ3v) is 3.07. The van der Waals surface area contributed by atoms with E-state index in [-0.39, 0.29) is 18.3 Å². The van der Waals surface area contributed by atoms with E-state index in [0.717, 1.165) is 11.3 Å². The Labute approximate surface area is 134 Å². The van der Waals surface area contributed by atoms with Crippen LogP contribution in [0.2, 0.25) is 0 Å². The number of para-hydroxylation sites is 1. The van der Waals surface area contributed by atoms with Crippen LogP contribution in [0.15, 0.2) is 59.6 Å². The summed E-state index contributed by atoms with van der Waals surface area (Å²) in [7, 11) is 1.62. The van der Waals surface area contributed by atoms with Gasteiger partial charge in [-0.2, -0.15) is 0 Å². The Morgan fingerprint density at radius 2 is 1.74 bits per heavy atom. The van der Waals surface area contributed by atoms with Crippen LogP contribution in [0.3, 0.4) is 0 Å². The molecule has 0 aliphatic carbocycles. The lowest BCUT2D eigenvalue weighted by Gasteiger charge is -2.12. The van der Waals surface area contributed by atoms with Gasteiger partial charge in [0, 0.05) is 19.3 Å². The summed E-state index contributed by atoms with van der Waals surface area (Å²) < 4.78 is 12.8. The van der Waals surface area contributed by atoms with Gasteiger partial charge in [0.15, 0.2) is 5.96 Å². The van der Waals surface area contributed by atoms with Crippen molar-refractivity contribution < 1.29 is 9.18 Å². The number of hydrogen-bond donors (Lipinski definition) is 3. The first-order valence-electron chi connectivity index (χ1n) is 7.21. The van der Waals surface area contributed by atoms with Crippen molar-refractivity contribution in [3.05, 3.63) is 66.0 Å². The van der Waals surface area contributed by atoms with Crippen LogP contribution in [0.4, 0.5) is 10.1 Å². The summed E-state index contributed by atoms with van der Waals surface area (Å²) in [4.78, 5) is 15.9. The first-order valence-corrected chi connectivity index (χ1v) is 7.21. The van der Waals surface area contributed by atoms with Crippen molar-refractivity contribution in [3.63, 3.8) is 0 Å². The van der Waals surface area contributed by atoms with E-state index in [4.69, 9.17) is 0 Å². The van der Waals surface area contributed by atoms with Gasteiger partial charge in [0.1, 0.15) is 5.82 Å². The smallest absolute Gasteiger partial charge is 0.243 e. The number of carbonyl (C=O) groups is 1. The highest BCUT2D eigenvalue weighted by molar-refractivity contribution is 5.94. The fourth-order valence-electron chi connectivity index (χ4n) is 1.90. The molecule has 0 aliphatic rings. The molecule has 5 nitrogen and oxygen atoms in total. The molecule has 6 heteroatoms. The van der Waals surface area contributed by atoms with E-state index in [1.54, 1.807) is 19.2 Å². The first kappa shape index (κ1) is 16.5. The second-order valence-corrected chi connectivity index (χ2v) is 4.82. The van der Waals surface area contributed by atoms with E-state index in [9.17, 15) is 9.18 Å². The molecule has 0 unspecified atom stereocenters.